The van der Waals surface area contributed by atoms with Crippen molar-refractivity contribution in [1.82, 2.24) is 0 Å². The van der Waals surface area contributed by atoms with Gasteiger partial charge in [0.25, 0.3) is 0 Å². The lowest BCUT2D eigenvalue weighted by Gasteiger charge is -2.13. The van der Waals surface area contributed by atoms with Gasteiger partial charge in [-0.2, -0.15) is 5.26 Å². The van der Waals surface area contributed by atoms with Crippen LogP contribution < -0.4 is 9.47 Å². The van der Waals surface area contributed by atoms with Crippen molar-refractivity contribution in [2.24, 2.45) is 0 Å². The van der Waals surface area contributed by atoms with Gasteiger partial charge < -0.3 is 14.6 Å². The predicted molar refractivity (Wildman–Crippen MR) is 54.9 cm³/mol. The average molecular weight is 207 g/mol. The number of rotatable bonds is 3. The summed E-state index contributed by atoms with van der Waals surface area (Å²) < 4.78 is 10.2. The highest BCUT2D eigenvalue weighted by Gasteiger charge is 2.14. The third-order valence-corrected chi connectivity index (χ3v) is 2.19. The lowest BCUT2D eigenvalue weighted by molar-refractivity contribution is 0.234. The summed E-state index contributed by atoms with van der Waals surface area (Å²) in [5, 5.41) is 18.1. The van der Waals surface area contributed by atoms with Crippen molar-refractivity contribution in [1.29, 1.82) is 5.26 Å². The van der Waals surface area contributed by atoms with E-state index in [2.05, 4.69) is 0 Å². The minimum absolute atomic E-state index is 0.507. The molecule has 0 spiro atoms. The number of hydrogen-bond acceptors (Lipinski definition) is 4. The molecule has 0 bridgehead atoms. The largest absolute Gasteiger partial charge is 0.493 e. The van der Waals surface area contributed by atoms with Gasteiger partial charge in [0.15, 0.2) is 17.6 Å². The predicted octanol–water partition coefficient (Wildman–Crippen LogP) is 1.57. The van der Waals surface area contributed by atoms with E-state index in [1.165, 1.54) is 14.2 Å². The molecule has 0 amide bonds. The summed E-state index contributed by atoms with van der Waals surface area (Å²) in [6.45, 7) is 1.80. The first-order valence-electron chi connectivity index (χ1n) is 4.44. The Labute approximate surface area is 88.7 Å². The highest BCUT2D eigenvalue weighted by Crippen LogP contribution is 2.32. The maximum absolute atomic E-state index is 9.44. The maximum atomic E-state index is 9.44. The van der Waals surface area contributed by atoms with Gasteiger partial charge >= 0.3 is 0 Å². The third-order valence-electron chi connectivity index (χ3n) is 2.19. The van der Waals surface area contributed by atoms with E-state index in [0.29, 0.717) is 17.1 Å². The molecule has 1 aromatic carbocycles. The molecule has 4 heteroatoms. The molecule has 0 radical (unpaired) electrons. The van der Waals surface area contributed by atoms with Crippen LogP contribution >= 0.6 is 0 Å². The summed E-state index contributed by atoms with van der Waals surface area (Å²) in [5.41, 5.74) is 1.33. The van der Waals surface area contributed by atoms with Crippen LogP contribution in [0.15, 0.2) is 12.1 Å². The van der Waals surface area contributed by atoms with E-state index in [0.717, 1.165) is 5.56 Å². The van der Waals surface area contributed by atoms with Gasteiger partial charge in [-0.3, -0.25) is 0 Å². The van der Waals surface area contributed by atoms with E-state index in [1.807, 2.05) is 0 Å². The van der Waals surface area contributed by atoms with Crippen LogP contribution in [0.1, 0.15) is 17.2 Å². The second-order valence-electron chi connectivity index (χ2n) is 3.10. The summed E-state index contributed by atoms with van der Waals surface area (Å²) >= 11 is 0. The van der Waals surface area contributed by atoms with E-state index in [4.69, 9.17) is 14.7 Å². The SMILES string of the molecule is COc1cc(C)c([C@@H](O)C#N)cc1OC. The van der Waals surface area contributed by atoms with Crippen molar-refractivity contribution < 1.29 is 14.6 Å². The fraction of sp³-hybridized carbons (Fsp3) is 0.364. The second-order valence-corrected chi connectivity index (χ2v) is 3.10. The molecule has 0 saturated carbocycles. The van der Waals surface area contributed by atoms with Crippen LogP contribution in [0.5, 0.6) is 11.5 Å². The molecule has 0 saturated heterocycles. The molecule has 0 unspecified atom stereocenters. The molecule has 0 aliphatic carbocycles. The van der Waals surface area contributed by atoms with Crippen molar-refractivity contribution in [3.63, 3.8) is 0 Å². The molecular weight excluding hydrogens is 194 g/mol. The number of nitrogens with zero attached hydrogens (tertiary/aromatic N) is 1. The Bertz CT molecular complexity index is 396. The molecule has 1 aromatic rings. The fourth-order valence-corrected chi connectivity index (χ4v) is 1.36. The quantitative estimate of drug-likeness (QED) is 0.764. The zero-order valence-electron chi connectivity index (χ0n) is 8.94. The number of methoxy groups -OCH3 is 2. The van der Waals surface area contributed by atoms with Gasteiger partial charge in [0.05, 0.1) is 20.3 Å². The molecule has 0 aliphatic rings. The minimum atomic E-state index is -1.13. The van der Waals surface area contributed by atoms with Crippen LogP contribution in [0.25, 0.3) is 0 Å². The molecule has 0 fully saturated rings. The van der Waals surface area contributed by atoms with Crippen molar-refractivity contribution in [2.75, 3.05) is 14.2 Å². The lowest BCUT2D eigenvalue weighted by atomic mass is 10.0. The molecule has 1 atom stereocenters. The van der Waals surface area contributed by atoms with Crippen LogP contribution in [0.3, 0.4) is 0 Å². The van der Waals surface area contributed by atoms with Crippen LogP contribution in [0.2, 0.25) is 0 Å². The molecule has 0 heterocycles. The molecule has 1 rings (SSSR count). The summed E-state index contributed by atoms with van der Waals surface area (Å²) in [4.78, 5) is 0. The molecule has 0 aliphatic heterocycles. The van der Waals surface area contributed by atoms with Gasteiger partial charge in [-0.05, 0) is 24.6 Å². The van der Waals surface area contributed by atoms with Gasteiger partial charge in [-0.1, -0.05) is 0 Å². The summed E-state index contributed by atoms with van der Waals surface area (Å²) in [7, 11) is 3.05. The molecule has 80 valence electrons. The summed E-state index contributed by atoms with van der Waals surface area (Å²) in [6.07, 6.45) is -1.13. The van der Waals surface area contributed by atoms with Crippen molar-refractivity contribution in [3.8, 4) is 17.6 Å². The van der Waals surface area contributed by atoms with Gasteiger partial charge in [0.1, 0.15) is 0 Å². The molecule has 15 heavy (non-hydrogen) atoms. The van der Waals surface area contributed by atoms with Gasteiger partial charge in [-0.15, -0.1) is 0 Å². The number of hydrogen-bond donors (Lipinski definition) is 1. The van der Waals surface area contributed by atoms with Crippen LogP contribution in [-0.2, 0) is 0 Å². The Morgan fingerprint density at radius 3 is 2.27 bits per heavy atom. The Hall–Kier alpha value is -1.73. The van der Waals surface area contributed by atoms with Crippen molar-refractivity contribution in [3.05, 3.63) is 23.3 Å². The minimum Gasteiger partial charge on any atom is -0.493 e. The van der Waals surface area contributed by atoms with Crippen molar-refractivity contribution >= 4 is 0 Å². The number of ether oxygens (including phenoxy) is 2. The normalized spacial score (nSPS) is 11.7. The van der Waals surface area contributed by atoms with Crippen LogP contribution in [0.4, 0.5) is 0 Å². The van der Waals surface area contributed by atoms with E-state index >= 15 is 0 Å². The highest BCUT2D eigenvalue weighted by molar-refractivity contribution is 5.48. The summed E-state index contributed by atoms with van der Waals surface area (Å²) in [6, 6.07) is 5.11. The molecule has 0 aromatic heterocycles. The van der Waals surface area contributed by atoms with Crippen LogP contribution in [-0.4, -0.2) is 19.3 Å². The molecule has 4 nitrogen and oxygen atoms in total. The highest BCUT2D eigenvalue weighted by atomic mass is 16.5. The Balaban J connectivity index is 3.27. The smallest absolute Gasteiger partial charge is 0.166 e. The fourth-order valence-electron chi connectivity index (χ4n) is 1.36. The Kier molecular flexibility index (Phi) is 3.53. The van der Waals surface area contributed by atoms with E-state index in [-0.39, 0.29) is 0 Å². The maximum Gasteiger partial charge on any atom is 0.166 e. The van der Waals surface area contributed by atoms with Gasteiger partial charge in [0, 0.05) is 5.56 Å². The Morgan fingerprint density at radius 1 is 1.27 bits per heavy atom. The average Bonchev–Trinajstić information content (AvgIpc) is 2.27. The second kappa shape index (κ2) is 4.67. The zero-order chi connectivity index (χ0) is 11.4. The molecule has 1 N–H and O–H groups in total. The number of aliphatic hydroxyl groups excluding tert-OH is 1. The standard InChI is InChI=1S/C11H13NO3/c1-7-4-10(14-2)11(15-3)5-8(7)9(13)6-12/h4-5,9,13H,1-3H3/t9-/m0/s1. The Morgan fingerprint density at radius 2 is 1.80 bits per heavy atom. The molecular formula is C11H13NO3. The van der Waals surface area contributed by atoms with E-state index in [1.54, 1.807) is 25.1 Å². The first-order valence-corrected chi connectivity index (χ1v) is 4.44. The van der Waals surface area contributed by atoms with Gasteiger partial charge in [0.2, 0.25) is 0 Å². The third kappa shape index (κ3) is 2.20. The van der Waals surface area contributed by atoms with Crippen LogP contribution in [0, 0.1) is 18.3 Å². The monoisotopic (exact) mass is 207 g/mol. The topological polar surface area (TPSA) is 62.5 Å². The summed E-state index contributed by atoms with van der Waals surface area (Å²) in [5.74, 6) is 1.09. The zero-order valence-corrected chi connectivity index (χ0v) is 8.94. The number of aliphatic hydroxyl groups is 1. The van der Waals surface area contributed by atoms with E-state index < -0.39 is 6.10 Å². The van der Waals surface area contributed by atoms with Crippen molar-refractivity contribution in [2.45, 2.75) is 13.0 Å². The van der Waals surface area contributed by atoms with E-state index in [9.17, 15) is 5.11 Å². The number of benzene rings is 1. The number of aryl methyl sites for hydroxylation is 1. The first-order chi connectivity index (χ1) is 7.13. The first kappa shape index (κ1) is 11.3. The lowest BCUT2D eigenvalue weighted by Crippen LogP contribution is -2.00. The van der Waals surface area contributed by atoms with Gasteiger partial charge in [-0.25, -0.2) is 0 Å². The number of nitriles is 1.